The molecule has 0 heterocycles. The van der Waals surface area contributed by atoms with Gasteiger partial charge in [0.15, 0.2) is 0 Å². The second-order valence-electron chi connectivity index (χ2n) is 4.98. The summed E-state index contributed by atoms with van der Waals surface area (Å²) in [5, 5.41) is 0. The molecule has 0 saturated carbocycles. The maximum Gasteiger partial charge on any atom is -0.00168 e. The van der Waals surface area contributed by atoms with E-state index < -0.39 is 0 Å². The van der Waals surface area contributed by atoms with Gasteiger partial charge in [0, 0.05) is 0 Å². The summed E-state index contributed by atoms with van der Waals surface area (Å²) in [6, 6.07) is 6.99. The van der Waals surface area contributed by atoms with E-state index in [-0.39, 0.29) is 0 Å². The monoisotopic (exact) mass is 218 g/mol. The molecule has 0 aromatic heterocycles. The minimum absolute atomic E-state index is 1.09. The standard InChI is InChI=1S/C17H14/c1-2-5-12(4-1)13-8-9-15-10-14-6-3-7-16(14)17(15)11-13/h1-4,6,8-9,11H,5,7,10H2. The zero-order valence-corrected chi connectivity index (χ0v) is 9.74. The molecule has 0 amide bonds. The molecule has 4 rings (SSSR count). The quantitative estimate of drug-likeness (QED) is 0.659. The molecular formula is C17H14. The summed E-state index contributed by atoms with van der Waals surface area (Å²) in [5.74, 6) is 0. The third-order valence-corrected chi connectivity index (χ3v) is 3.99. The van der Waals surface area contributed by atoms with Crippen molar-refractivity contribution in [2.45, 2.75) is 19.3 Å². The van der Waals surface area contributed by atoms with E-state index in [4.69, 9.17) is 0 Å². The van der Waals surface area contributed by atoms with Gasteiger partial charge in [0.25, 0.3) is 0 Å². The maximum atomic E-state index is 2.39. The number of hydrogen-bond acceptors (Lipinski definition) is 0. The Morgan fingerprint density at radius 3 is 2.88 bits per heavy atom. The van der Waals surface area contributed by atoms with Crippen LogP contribution < -0.4 is 0 Å². The van der Waals surface area contributed by atoms with Gasteiger partial charge in [-0.1, -0.05) is 42.5 Å². The minimum Gasteiger partial charge on any atom is -0.0801 e. The molecule has 0 radical (unpaired) electrons. The van der Waals surface area contributed by atoms with Gasteiger partial charge in [-0.05, 0) is 58.7 Å². The van der Waals surface area contributed by atoms with Gasteiger partial charge in [-0.2, -0.15) is 0 Å². The van der Waals surface area contributed by atoms with Gasteiger partial charge in [0.2, 0.25) is 0 Å². The second-order valence-corrected chi connectivity index (χ2v) is 4.98. The zero-order chi connectivity index (χ0) is 11.2. The van der Waals surface area contributed by atoms with Crippen LogP contribution >= 0.6 is 0 Å². The highest BCUT2D eigenvalue weighted by Gasteiger charge is 2.22. The predicted molar refractivity (Wildman–Crippen MR) is 72.6 cm³/mol. The van der Waals surface area contributed by atoms with Crippen molar-refractivity contribution < 1.29 is 0 Å². The first-order chi connectivity index (χ1) is 8.42. The Morgan fingerprint density at radius 2 is 2.00 bits per heavy atom. The van der Waals surface area contributed by atoms with Crippen molar-refractivity contribution >= 4 is 11.1 Å². The average molecular weight is 218 g/mol. The number of fused-ring (bicyclic) bond motifs is 2. The Labute approximate surface area is 102 Å². The van der Waals surface area contributed by atoms with E-state index >= 15 is 0 Å². The van der Waals surface area contributed by atoms with Crippen LogP contribution in [-0.2, 0) is 6.42 Å². The normalized spacial score (nSPS) is 19.9. The molecule has 1 aromatic rings. The van der Waals surface area contributed by atoms with Crippen molar-refractivity contribution in [1.29, 1.82) is 0 Å². The summed E-state index contributed by atoms with van der Waals surface area (Å²) in [7, 11) is 0. The number of hydrogen-bond donors (Lipinski definition) is 0. The third-order valence-electron chi connectivity index (χ3n) is 3.99. The molecule has 1 aromatic carbocycles. The molecule has 3 aliphatic rings. The lowest BCUT2D eigenvalue weighted by molar-refractivity contribution is 1.24. The lowest BCUT2D eigenvalue weighted by atomic mass is 9.97. The highest BCUT2D eigenvalue weighted by Crippen LogP contribution is 2.40. The van der Waals surface area contributed by atoms with Crippen LogP contribution in [0.4, 0.5) is 0 Å². The largest absolute Gasteiger partial charge is 0.0801 e. The summed E-state index contributed by atoms with van der Waals surface area (Å²) in [6.07, 6.45) is 14.6. The van der Waals surface area contributed by atoms with E-state index in [1.54, 1.807) is 5.57 Å². The second kappa shape index (κ2) is 3.33. The molecular weight excluding hydrogens is 204 g/mol. The third kappa shape index (κ3) is 1.30. The lowest BCUT2D eigenvalue weighted by Crippen LogP contribution is -1.89. The topological polar surface area (TPSA) is 0 Å². The van der Waals surface area contributed by atoms with E-state index in [2.05, 4.69) is 48.6 Å². The first-order valence-corrected chi connectivity index (χ1v) is 6.30. The lowest BCUT2D eigenvalue weighted by Gasteiger charge is -2.08. The van der Waals surface area contributed by atoms with Crippen molar-refractivity contribution in [1.82, 2.24) is 0 Å². The number of benzene rings is 1. The van der Waals surface area contributed by atoms with E-state index in [0.29, 0.717) is 0 Å². The summed E-state index contributed by atoms with van der Waals surface area (Å²) < 4.78 is 0. The van der Waals surface area contributed by atoms with Crippen LogP contribution in [0, 0.1) is 0 Å². The molecule has 0 spiro atoms. The van der Waals surface area contributed by atoms with Gasteiger partial charge in [0.05, 0.1) is 0 Å². The van der Waals surface area contributed by atoms with Crippen LogP contribution in [0.15, 0.2) is 54.2 Å². The molecule has 3 aliphatic carbocycles. The van der Waals surface area contributed by atoms with Crippen LogP contribution in [0.5, 0.6) is 0 Å². The van der Waals surface area contributed by atoms with Crippen LogP contribution in [0.25, 0.3) is 11.1 Å². The maximum absolute atomic E-state index is 2.39. The molecule has 0 fully saturated rings. The van der Waals surface area contributed by atoms with Crippen LogP contribution in [0.3, 0.4) is 0 Å². The van der Waals surface area contributed by atoms with Crippen LogP contribution in [0.1, 0.15) is 29.5 Å². The van der Waals surface area contributed by atoms with Crippen molar-refractivity contribution in [3.05, 3.63) is 70.8 Å². The fourth-order valence-corrected chi connectivity index (χ4v) is 3.08. The van der Waals surface area contributed by atoms with Gasteiger partial charge in [-0.25, -0.2) is 0 Å². The molecule has 0 nitrogen and oxygen atoms in total. The zero-order valence-electron chi connectivity index (χ0n) is 9.74. The van der Waals surface area contributed by atoms with Gasteiger partial charge >= 0.3 is 0 Å². The number of allylic oxidation sites excluding steroid dienone is 8. The fourth-order valence-electron chi connectivity index (χ4n) is 3.08. The molecule has 17 heavy (non-hydrogen) atoms. The van der Waals surface area contributed by atoms with Crippen molar-refractivity contribution in [2.75, 3.05) is 0 Å². The Kier molecular flexibility index (Phi) is 1.81. The Bertz CT molecular complexity index is 621. The van der Waals surface area contributed by atoms with E-state index in [9.17, 15) is 0 Å². The Hall–Kier alpha value is -1.82. The van der Waals surface area contributed by atoms with Gasteiger partial charge < -0.3 is 0 Å². The highest BCUT2D eigenvalue weighted by atomic mass is 14.3. The molecule has 0 N–H and O–H groups in total. The highest BCUT2D eigenvalue weighted by molar-refractivity contribution is 5.84. The number of rotatable bonds is 1. The smallest absolute Gasteiger partial charge is 0.00168 e. The molecule has 0 bridgehead atoms. The molecule has 0 heteroatoms. The van der Waals surface area contributed by atoms with Crippen molar-refractivity contribution in [3.63, 3.8) is 0 Å². The fraction of sp³-hybridized carbons (Fsp3) is 0.176. The SMILES string of the molecule is C1=CCC(c2ccc3c(c2)C2=C(C=CC2)C3)=C1. The molecule has 0 aliphatic heterocycles. The Balaban J connectivity index is 1.80. The van der Waals surface area contributed by atoms with Gasteiger partial charge in [-0.15, -0.1) is 0 Å². The summed E-state index contributed by atoms with van der Waals surface area (Å²) in [5.41, 5.74) is 8.95. The van der Waals surface area contributed by atoms with E-state index in [0.717, 1.165) is 19.3 Å². The van der Waals surface area contributed by atoms with E-state index in [1.165, 1.54) is 27.8 Å². The Morgan fingerprint density at radius 1 is 1.00 bits per heavy atom. The summed E-state index contributed by atoms with van der Waals surface area (Å²) >= 11 is 0. The van der Waals surface area contributed by atoms with Crippen LogP contribution in [0.2, 0.25) is 0 Å². The minimum atomic E-state index is 1.09. The van der Waals surface area contributed by atoms with Gasteiger partial charge in [0.1, 0.15) is 0 Å². The predicted octanol–water partition coefficient (Wildman–Crippen LogP) is 4.30. The van der Waals surface area contributed by atoms with Crippen molar-refractivity contribution in [3.8, 4) is 0 Å². The first kappa shape index (κ1) is 9.23. The molecule has 0 saturated heterocycles. The molecule has 82 valence electrons. The van der Waals surface area contributed by atoms with E-state index in [1.807, 2.05) is 0 Å². The van der Waals surface area contributed by atoms with Crippen molar-refractivity contribution in [2.24, 2.45) is 0 Å². The molecule has 0 unspecified atom stereocenters. The first-order valence-electron chi connectivity index (χ1n) is 6.30. The summed E-state index contributed by atoms with van der Waals surface area (Å²) in [6.45, 7) is 0. The van der Waals surface area contributed by atoms with Gasteiger partial charge in [-0.3, -0.25) is 0 Å². The molecule has 0 atom stereocenters. The van der Waals surface area contributed by atoms with Crippen LogP contribution in [-0.4, -0.2) is 0 Å². The summed E-state index contributed by atoms with van der Waals surface area (Å²) in [4.78, 5) is 0. The average Bonchev–Trinajstić information content (AvgIpc) is 3.05.